The SMILES string of the molecule is CN(C)CCC=C1c2ccccc2CCc2ccccc21.O=C(NCCN1CCOCC1)c1ccc(Cl)cc1. The molecule has 0 saturated carbocycles. The number of hydrogen-bond acceptors (Lipinski definition) is 4. The van der Waals surface area contributed by atoms with Gasteiger partial charge in [-0.15, -0.1) is 0 Å². The largest absolute Gasteiger partial charge is 0.379 e. The minimum absolute atomic E-state index is 0.0556. The van der Waals surface area contributed by atoms with Gasteiger partial charge in [-0.2, -0.15) is 0 Å². The van der Waals surface area contributed by atoms with Crippen molar-refractivity contribution in [2.45, 2.75) is 19.3 Å². The van der Waals surface area contributed by atoms with Crippen LogP contribution >= 0.6 is 11.6 Å². The van der Waals surface area contributed by atoms with E-state index in [2.05, 4.69) is 83.8 Å². The molecular formula is C33H40ClN3O2. The number of aryl methyl sites for hydroxylation is 2. The molecule has 3 aromatic rings. The van der Waals surface area contributed by atoms with Crippen molar-refractivity contribution in [1.29, 1.82) is 0 Å². The number of carbonyl (C=O) groups excluding carboxylic acids is 1. The van der Waals surface area contributed by atoms with Crippen LogP contribution < -0.4 is 5.32 Å². The van der Waals surface area contributed by atoms with E-state index >= 15 is 0 Å². The summed E-state index contributed by atoms with van der Waals surface area (Å²) in [5.41, 5.74) is 7.85. The van der Waals surface area contributed by atoms with Gasteiger partial charge in [0.25, 0.3) is 5.91 Å². The minimum atomic E-state index is -0.0556. The molecule has 0 bridgehead atoms. The van der Waals surface area contributed by atoms with Crippen molar-refractivity contribution >= 4 is 23.1 Å². The molecule has 1 fully saturated rings. The third-order valence-corrected chi connectivity index (χ3v) is 7.38. The van der Waals surface area contributed by atoms with Crippen LogP contribution in [0.25, 0.3) is 5.57 Å². The molecule has 0 unspecified atom stereocenters. The molecule has 1 saturated heterocycles. The normalized spacial score (nSPS) is 14.9. The van der Waals surface area contributed by atoms with Gasteiger partial charge in [0.2, 0.25) is 0 Å². The molecule has 206 valence electrons. The second-order valence-corrected chi connectivity index (χ2v) is 10.7. The molecule has 0 radical (unpaired) electrons. The molecule has 39 heavy (non-hydrogen) atoms. The Balaban J connectivity index is 0.000000183. The molecule has 5 rings (SSSR count). The van der Waals surface area contributed by atoms with E-state index in [1.807, 2.05) is 0 Å². The van der Waals surface area contributed by atoms with E-state index in [9.17, 15) is 4.79 Å². The predicted molar refractivity (Wildman–Crippen MR) is 162 cm³/mol. The lowest BCUT2D eigenvalue weighted by molar-refractivity contribution is 0.0383. The average Bonchev–Trinajstić information content (AvgIpc) is 3.11. The summed E-state index contributed by atoms with van der Waals surface area (Å²) >= 11 is 5.77. The molecule has 1 N–H and O–H groups in total. The first-order valence-corrected chi connectivity index (χ1v) is 14.2. The highest BCUT2D eigenvalue weighted by molar-refractivity contribution is 6.30. The van der Waals surface area contributed by atoms with Crippen LogP contribution in [0.2, 0.25) is 5.02 Å². The summed E-state index contributed by atoms with van der Waals surface area (Å²) < 4.78 is 5.27. The van der Waals surface area contributed by atoms with Crippen molar-refractivity contribution in [3.63, 3.8) is 0 Å². The van der Waals surface area contributed by atoms with Gasteiger partial charge in [-0.25, -0.2) is 0 Å². The molecule has 1 aliphatic carbocycles. The first-order chi connectivity index (χ1) is 19.0. The minimum Gasteiger partial charge on any atom is -0.379 e. The Morgan fingerprint density at radius 3 is 2.10 bits per heavy atom. The topological polar surface area (TPSA) is 44.8 Å². The number of halogens is 1. The second-order valence-electron chi connectivity index (χ2n) is 10.2. The molecule has 6 heteroatoms. The Kier molecular flexibility index (Phi) is 11.2. The van der Waals surface area contributed by atoms with Crippen LogP contribution in [0, 0.1) is 0 Å². The zero-order valence-corrected chi connectivity index (χ0v) is 23.9. The lowest BCUT2D eigenvalue weighted by Crippen LogP contribution is -2.41. The maximum Gasteiger partial charge on any atom is 0.251 e. The number of carbonyl (C=O) groups is 1. The number of rotatable bonds is 7. The molecule has 0 spiro atoms. The maximum atomic E-state index is 11.8. The standard InChI is InChI=1S/C20H23N.C13H17ClN2O2/c1-21(2)15-7-12-20-18-10-5-3-8-16(18)13-14-17-9-4-6-11-19(17)20;14-12-3-1-11(2-4-12)13(17)15-5-6-16-7-9-18-10-8-16/h3-6,8-12H,7,13-15H2,1-2H3;1-4H,5-10H2,(H,15,17). The molecular weight excluding hydrogens is 506 g/mol. The van der Waals surface area contributed by atoms with Crippen LogP contribution in [-0.4, -0.2) is 75.7 Å². The van der Waals surface area contributed by atoms with Gasteiger partial charge < -0.3 is 15.0 Å². The Morgan fingerprint density at radius 1 is 0.923 bits per heavy atom. The van der Waals surface area contributed by atoms with E-state index in [0.29, 0.717) is 17.1 Å². The quantitative estimate of drug-likeness (QED) is 0.421. The molecule has 0 atom stereocenters. The molecule has 1 aliphatic heterocycles. The van der Waals surface area contributed by atoms with Gasteiger partial charge in [0.1, 0.15) is 0 Å². The van der Waals surface area contributed by atoms with E-state index in [4.69, 9.17) is 16.3 Å². The fourth-order valence-electron chi connectivity index (χ4n) is 4.96. The van der Waals surface area contributed by atoms with Crippen LogP contribution in [-0.2, 0) is 17.6 Å². The van der Waals surface area contributed by atoms with Gasteiger partial charge >= 0.3 is 0 Å². The van der Waals surface area contributed by atoms with Crippen LogP contribution in [0.15, 0.2) is 78.9 Å². The van der Waals surface area contributed by atoms with Gasteiger partial charge in [0.05, 0.1) is 13.2 Å². The van der Waals surface area contributed by atoms with E-state index in [0.717, 1.165) is 58.7 Å². The van der Waals surface area contributed by atoms with Crippen LogP contribution in [0.5, 0.6) is 0 Å². The van der Waals surface area contributed by atoms with Gasteiger partial charge in [-0.1, -0.05) is 66.2 Å². The highest BCUT2D eigenvalue weighted by Crippen LogP contribution is 2.33. The summed E-state index contributed by atoms with van der Waals surface area (Å²) in [6.45, 7) is 6.06. The monoisotopic (exact) mass is 545 g/mol. The molecule has 2 aliphatic rings. The molecule has 3 aromatic carbocycles. The van der Waals surface area contributed by atoms with Crippen molar-refractivity contribution in [1.82, 2.24) is 15.1 Å². The third kappa shape index (κ3) is 8.77. The van der Waals surface area contributed by atoms with E-state index in [1.54, 1.807) is 24.3 Å². The second kappa shape index (κ2) is 15.0. The lowest BCUT2D eigenvalue weighted by atomic mass is 9.93. The zero-order chi connectivity index (χ0) is 27.5. The molecule has 1 amide bonds. The van der Waals surface area contributed by atoms with E-state index in [1.165, 1.54) is 27.8 Å². The lowest BCUT2D eigenvalue weighted by Gasteiger charge is -2.26. The zero-order valence-electron chi connectivity index (χ0n) is 23.2. The van der Waals surface area contributed by atoms with Gasteiger partial charge in [0, 0.05) is 43.3 Å². The number of nitrogens with one attached hydrogen (secondary N) is 1. The Labute approximate surface area is 238 Å². The summed E-state index contributed by atoms with van der Waals surface area (Å²) in [6, 6.07) is 24.6. The number of ether oxygens (including phenoxy) is 1. The number of hydrogen-bond donors (Lipinski definition) is 1. The van der Waals surface area contributed by atoms with Gasteiger partial charge in [-0.3, -0.25) is 9.69 Å². The van der Waals surface area contributed by atoms with Crippen molar-refractivity contribution < 1.29 is 9.53 Å². The highest BCUT2D eigenvalue weighted by Gasteiger charge is 2.17. The number of benzene rings is 3. The third-order valence-electron chi connectivity index (χ3n) is 7.13. The molecule has 1 heterocycles. The molecule has 0 aromatic heterocycles. The van der Waals surface area contributed by atoms with Crippen LogP contribution in [0.4, 0.5) is 0 Å². The Morgan fingerprint density at radius 2 is 1.51 bits per heavy atom. The summed E-state index contributed by atoms with van der Waals surface area (Å²) in [7, 11) is 4.26. The molecule has 5 nitrogen and oxygen atoms in total. The summed E-state index contributed by atoms with van der Waals surface area (Å²) in [6.07, 6.45) is 5.78. The van der Waals surface area contributed by atoms with E-state index in [-0.39, 0.29) is 5.91 Å². The number of nitrogens with zero attached hydrogens (tertiary/aromatic N) is 2. The Bertz CT molecular complexity index is 1180. The Hall–Kier alpha value is -2.96. The van der Waals surface area contributed by atoms with Crippen LogP contribution in [0.3, 0.4) is 0 Å². The summed E-state index contributed by atoms with van der Waals surface area (Å²) in [5.74, 6) is -0.0556. The smallest absolute Gasteiger partial charge is 0.251 e. The first kappa shape index (κ1) is 29.0. The number of amides is 1. The highest BCUT2D eigenvalue weighted by atomic mass is 35.5. The average molecular weight is 546 g/mol. The number of fused-ring (bicyclic) bond motifs is 2. The van der Waals surface area contributed by atoms with Gasteiger partial charge in [0.15, 0.2) is 0 Å². The maximum absolute atomic E-state index is 11.8. The van der Waals surface area contributed by atoms with Crippen molar-refractivity contribution in [3.8, 4) is 0 Å². The van der Waals surface area contributed by atoms with Crippen LogP contribution in [0.1, 0.15) is 39.0 Å². The fraction of sp³-hybridized carbons (Fsp3) is 0.364. The van der Waals surface area contributed by atoms with E-state index < -0.39 is 0 Å². The van der Waals surface area contributed by atoms with Crippen molar-refractivity contribution in [2.24, 2.45) is 0 Å². The van der Waals surface area contributed by atoms with Gasteiger partial charge in [-0.05, 0) is 85.5 Å². The fourth-order valence-corrected chi connectivity index (χ4v) is 5.09. The number of morpholine rings is 1. The predicted octanol–water partition coefficient (Wildman–Crippen LogP) is 5.57. The summed E-state index contributed by atoms with van der Waals surface area (Å²) in [5, 5.41) is 3.54. The van der Waals surface area contributed by atoms with Crippen molar-refractivity contribution in [3.05, 3.63) is 112 Å². The first-order valence-electron chi connectivity index (χ1n) is 13.9. The summed E-state index contributed by atoms with van der Waals surface area (Å²) in [4.78, 5) is 16.3. The van der Waals surface area contributed by atoms with Crippen molar-refractivity contribution in [2.75, 3.05) is 60.0 Å².